The molecule has 0 fully saturated rings. The van der Waals surface area contributed by atoms with Crippen LogP contribution in [0, 0.1) is 0 Å². The minimum atomic E-state index is 0.0547. The van der Waals surface area contributed by atoms with Crippen LogP contribution in [0.25, 0.3) is 0 Å². The van der Waals surface area contributed by atoms with Crippen LogP contribution in [0.5, 0.6) is 5.88 Å². The molecule has 0 spiro atoms. The summed E-state index contributed by atoms with van der Waals surface area (Å²) in [5, 5.41) is 6.62. The minimum absolute atomic E-state index is 0.0547. The highest BCUT2D eigenvalue weighted by molar-refractivity contribution is 5.46. The van der Waals surface area contributed by atoms with Gasteiger partial charge in [-0.2, -0.15) is 5.10 Å². The number of ether oxygens (including phenoxy) is 1. The van der Waals surface area contributed by atoms with Crippen molar-refractivity contribution < 1.29 is 4.74 Å². The van der Waals surface area contributed by atoms with Gasteiger partial charge in [-0.15, -0.1) is 0 Å². The average molecular weight is 248 g/mol. The summed E-state index contributed by atoms with van der Waals surface area (Å²) in [5.74, 6) is 1.97. The molecule has 0 aliphatic rings. The van der Waals surface area contributed by atoms with Crippen molar-refractivity contribution in [1.82, 2.24) is 25.1 Å². The van der Waals surface area contributed by atoms with Gasteiger partial charge in [0.05, 0.1) is 12.6 Å². The van der Waals surface area contributed by atoms with Crippen LogP contribution >= 0.6 is 0 Å². The predicted molar refractivity (Wildman–Crippen MR) is 66.3 cm³/mol. The Hall–Kier alpha value is -2.18. The topological polar surface area (TPSA) is 79.8 Å². The Morgan fingerprint density at radius 2 is 2.06 bits per heavy atom. The molecule has 0 unspecified atom stereocenters. The molecule has 7 heteroatoms. The second kappa shape index (κ2) is 5.44. The first-order chi connectivity index (χ1) is 8.66. The second-order valence-corrected chi connectivity index (χ2v) is 4.14. The maximum atomic E-state index is 5.62. The van der Waals surface area contributed by atoms with E-state index < -0.39 is 0 Å². The van der Waals surface area contributed by atoms with Gasteiger partial charge in [-0.25, -0.2) is 15.0 Å². The third-order valence-electron chi connectivity index (χ3n) is 2.21. The lowest BCUT2D eigenvalue weighted by Crippen LogP contribution is -2.21. The smallest absolute Gasteiger partial charge is 0.257 e. The van der Waals surface area contributed by atoms with Gasteiger partial charge in [-0.1, -0.05) is 0 Å². The first kappa shape index (κ1) is 12.3. The highest BCUT2D eigenvalue weighted by Gasteiger charge is 2.13. The lowest BCUT2D eigenvalue weighted by atomic mass is 10.4. The summed E-state index contributed by atoms with van der Waals surface area (Å²) in [5.41, 5.74) is 0. The molecule has 7 nitrogen and oxygen atoms in total. The van der Waals surface area contributed by atoms with Crippen LogP contribution in [0.15, 0.2) is 18.7 Å². The first-order valence-corrected chi connectivity index (χ1v) is 5.70. The number of nitrogens with one attached hydrogen (secondary N) is 1. The van der Waals surface area contributed by atoms with Crippen LogP contribution in [-0.4, -0.2) is 38.3 Å². The number of anilines is 1. The van der Waals surface area contributed by atoms with Crippen LogP contribution in [0.3, 0.4) is 0 Å². The van der Waals surface area contributed by atoms with Gasteiger partial charge in [0.25, 0.3) is 5.88 Å². The van der Waals surface area contributed by atoms with E-state index in [1.165, 1.54) is 6.33 Å². The largest absolute Gasteiger partial charge is 0.472 e. The molecule has 18 heavy (non-hydrogen) atoms. The zero-order valence-electron chi connectivity index (χ0n) is 10.7. The monoisotopic (exact) mass is 248 g/mol. The van der Waals surface area contributed by atoms with Gasteiger partial charge in [0.2, 0.25) is 0 Å². The van der Waals surface area contributed by atoms with Crippen molar-refractivity contribution in [1.29, 1.82) is 0 Å². The fourth-order valence-corrected chi connectivity index (χ4v) is 1.49. The van der Waals surface area contributed by atoms with Gasteiger partial charge < -0.3 is 9.64 Å². The van der Waals surface area contributed by atoms with E-state index in [9.17, 15) is 0 Å². The van der Waals surface area contributed by atoms with Crippen molar-refractivity contribution in [3.05, 3.63) is 24.5 Å². The standard InChI is InChI=1S/C11H16N6O/c1-8(2)18-11-10(12-4-5-13-11)17(3)6-9-14-7-15-16-9/h4-5,7-8H,6H2,1-3H3,(H,14,15,16). The Balaban J connectivity index is 2.16. The summed E-state index contributed by atoms with van der Waals surface area (Å²) in [4.78, 5) is 14.5. The summed E-state index contributed by atoms with van der Waals surface area (Å²) in [6.45, 7) is 4.47. The number of nitrogens with zero attached hydrogens (tertiary/aromatic N) is 5. The van der Waals surface area contributed by atoms with Gasteiger partial charge in [0.15, 0.2) is 5.82 Å². The van der Waals surface area contributed by atoms with Crippen LogP contribution in [0.1, 0.15) is 19.7 Å². The number of hydrogen-bond donors (Lipinski definition) is 1. The number of rotatable bonds is 5. The Bertz CT molecular complexity index is 484. The molecule has 0 bridgehead atoms. The Morgan fingerprint density at radius 1 is 1.28 bits per heavy atom. The van der Waals surface area contributed by atoms with E-state index in [1.807, 2.05) is 25.8 Å². The fourth-order valence-electron chi connectivity index (χ4n) is 1.49. The molecule has 0 aliphatic carbocycles. The average Bonchev–Trinajstić information content (AvgIpc) is 2.81. The Morgan fingerprint density at radius 3 is 2.72 bits per heavy atom. The van der Waals surface area contributed by atoms with E-state index >= 15 is 0 Å². The minimum Gasteiger partial charge on any atom is -0.472 e. The highest BCUT2D eigenvalue weighted by Crippen LogP contribution is 2.23. The van der Waals surface area contributed by atoms with Crippen molar-refractivity contribution in [3.8, 4) is 5.88 Å². The lowest BCUT2D eigenvalue weighted by molar-refractivity contribution is 0.232. The van der Waals surface area contributed by atoms with E-state index in [1.54, 1.807) is 12.4 Å². The first-order valence-electron chi connectivity index (χ1n) is 5.70. The van der Waals surface area contributed by atoms with Gasteiger partial charge in [-0.05, 0) is 13.8 Å². The third-order valence-corrected chi connectivity index (χ3v) is 2.21. The molecule has 2 aromatic heterocycles. The second-order valence-electron chi connectivity index (χ2n) is 4.14. The van der Waals surface area contributed by atoms with Crippen molar-refractivity contribution in [2.45, 2.75) is 26.5 Å². The summed E-state index contributed by atoms with van der Waals surface area (Å²) in [6, 6.07) is 0. The number of H-pyrrole nitrogens is 1. The molecule has 2 rings (SSSR count). The van der Waals surface area contributed by atoms with Gasteiger partial charge >= 0.3 is 0 Å². The molecule has 96 valence electrons. The normalized spacial score (nSPS) is 10.7. The molecule has 2 heterocycles. The maximum absolute atomic E-state index is 5.62. The molecule has 0 saturated carbocycles. The van der Waals surface area contributed by atoms with Crippen LogP contribution in [0.4, 0.5) is 5.82 Å². The van der Waals surface area contributed by atoms with Crippen LogP contribution < -0.4 is 9.64 Å². The van der Waals surface area contributed by atoms with Crippen molar-refractivity contribution >= 4 is 5.82 Å². The maximum Gasteiger partial charge on any atom is 0.257 e. The van der Waals surface area contributed by atoms with E-state index in [2.05, 4.69) is 25.1 Å². The zero-order chi connectivity index (χ0) is 13.0. The summed E-state index contributed by atoms with van der Waals surface area (Å²) >= 11 is 0. The van der Waals surface area contributed by atoms with E-state index in [-0.39, 0.29) is 6.10 Å². The molecular formula is C11H16N6O. The highest BCUT2D eigenvalue weighted by atomic mass is 16.5. The van der Waals surface area contributed by atoms with E-state index in [4.69, 9.17) is 4.74 Å². The fraction of sp³-hybridized carbons (Fsp3) is 0.455. The zero-order valence-corrected chi connectivity index (χ0v) is 10.7. The molecule has 2 aromatic rings. The van der Waals surface area contributed by atoms with Crippen LogP contribution in [-0.2, 0) is 6.54 Å². The summed E-state index contributed by atoms with van der Waals surface area (Å²) < 4.78 is 5.62. The Labute approximate surface area is 105 Å². The van der Waals surface area contributed by atoms with Crippen molar-refractivity contribution in [3.63, 3.8) is 0 Å². The lowest BCUT2D eigenvalue weighted by Gasteiger charge is -2.19. The van der Waals surface area contributed by atoms with Gasteiger partial charge in [0.1, 0.15) is 12.2 Å². The van der Waals surface area contributed by atoms with Gasteiger partial charge in [-0.3, -0.25) is 5.10 Å². The SMILES string of the molecule is CC(C)Oc1nccnc1N(C)Cc1ncn[nH]1. The number of aromatic amines is 1. The number of aromatic nitrogens is 5. The van der Waals surface area contributed by atoms with Crippen molar-refractivity contribution in [2.75, 3.05) is 11.9 Å². The predicted octanol–water partition coefficient (Wildman–Crippen LogP) is 1.02. The van der Waals surface area contributed by atoms with E-state index in [0.717, 1.165) is 5.82 Å². The van der Waals surface area contributed by atoms with Gasteiger partial charge in [0, 0.05) is 19.4 Å². The summed E-state index contributed by atoms with van der Waals surface area (Å²) in [7, 11) is 1.90. The summed E-state index contributed by atoms with van der Waals surface area (Å²) in [6.07, 6.45) is 4.79. The molecule has 0 atom stereocenters. The molecule has 0 radical (unpaired) electrons. The van der Waals surface area contributed by atoms with Crippen LogP contribution in [0.2, 0.25) is 0 Å². The van der Waals surface area contributed by atoms with Crippen molar-refractivity contribution in [2.24, 2.45) is 0 Å². The quantitative estimate of drug-likeness (QED) is 0.851. The van der Waals surface area contributed by atoms with E-state index in [0.29, 0.717) is 18.2 Å². The molecule has 0 aliphatic heterocycles. The molecular weight excluding hydrogens is 232 g/mol. The molecule has 0 saturated heterocycles. The number of hydrogen-bond acceptors (Lipinski definition) is 6. The Kier molecular flexibility index (Phi) is 3.71. The third kappa shape index (κ3) is 2.93. The molecule has 0 amide bonds. The molecule has 0 aromatic carbocycles. The molecule has 1 N–H and O–H groups in total.